The third-order valence-electron chi connectivity index (χ3n) is 3.20. The lowest BCUT2D eigenvalue weighted by atomic mass is 10.1. The molecule has 6 heteroatoms. The maximum absolute atomic E-state index is 13.1. The van der Waals surface area contributed by atoms with E-state index in [1.165, 1.54) is 30.2 Å². The lowest BCUT2D eigenvalue weighted by Gasteiger charge is -1.99. The molecule has 0 saturated heterocycles. The number of hydrogen-bond donors (Lipinski definition) is 1. The highest BCUT2D eigenvalue weighted by atomic mass is 32.1. The standard InChI is InChI=1S/C14H15F2N3S/c15-11-4-1-9(7-12(11)16)8-14-19-18-13(20-14)5-6-17-10-2-3-10/h1,4,7,10,17H,2-3,5-6,8H2. The van der Waals surface area contributed by atoms with Crippen molar-refractivity contribution < 1.29 is 8.78 Å². The zero-order valence-corrected chi connectivity index (χ0v) is 11.7. The normalized spacial score (nSPS) is 14.7. The molecule has 0 spiro atoms. The van der Waals surface area contributed by atoms with Gasteiger partial charge in [0.25, 0.3) is 0 Å². The third-order valence-corrected chi connectivity index (χ3v) is 4.18. The van der Waals surface area contributed by atoms with E-state index in [4.69, 9.17) is 0 Å². The number of benzene rings is 1. The number of nitrogens with one attached hydrogen (secondary N) is 1. The summed E-state index contributed by atoms with van der Waals surface area (Å²) in [6.45, 7) is 0.921. The minimum absolute atomic E-state index is 0.491. The molecule has 1 aliphatic carbocycles. The highest BCUT2D eigenvalue weighted by Gasteiger charge is 2.19. The SMILES string of the molecule is Fc1ccc(Cc2nnc(CCNC3CC3)s2)cc1F. The van der Waals surface area contributed by atoms with Crippen LogP contribution < -0.4 is 5.32 Å². The van der Waals surface area contributed by atoms with E-state index in [9.17, 15) is 8.78 Å². The van der Waals surface area contributed by atoms with Crippen molar-refractivity contribution in [1.29, 1.82) is 0 Å². The first-order chi connectivity index (χ1) is 9.70. The Labute approximate surface area is 120 Å². The van der Waals surface area contributed by atoms with Gasteiger partial charge in [-0.3, -0.25) is 0 Å². The van der Waals surface area contributed by atoms with Crippen molar-refractivity contribution in [3.8, 4) is 0 Å². The molecule has 1 saturated carbocycles. The number of nitrogens with zero attached hydrogens (tertiary/aromatic N) is 2. The van der Waals surface area contributed by atoms with Crippen molar-refractivity contribution in [2.75, 3.05) is 6.54 Å². The van der Waals surface area contributed by atoms with Crippen molar-refractivity contribution in [3.63, 3.8) is 0 Å². The zero-order chi connectivity index (χ0) is 13.9. The maximum Gasteiger partial charge on any atom is 0.159 e. The van der Waals surface area contributed by atoms with Crippen LogP contribution in [0.1, 0.15) is 28.4 Å². The predicted molar refractivity (Wildman–Crippen MR) is 73.8 cm³/mol. The Kier molecular flexibility index (Phi) is 4.03. The Morgan fingerprint density at radius 1 is 1.15 bits per heavy atom. The van der Waals surface area contributed by atoms with Gasteiger partial charge in [0.1, 0.15) is 10.0 Å². The molecule has 0 aliphatic heterocycles. The van der Waals surface area contributed by atoms with E-state index in [1.807, 2.05) is 0 Å². The van der Waals surface area contributed by atoms with Crippen LogP contribution in [0.3, 0.4) is 0 Å². The topological polar surface area (TPSA) is 37.8 Å². The first-order valence-electron chi connectivity index (χ1n) is 6.69. The van der Waals surface area contributed by atoms with Gasteiger partial charge in [-0.15, -0.1) is 21.5 Å². The minimum Gasteiger partial charge on any atom is -0.314 e. The highest BCUT2D eigenvalue weighted by molar-refractivity contribution is 7.11. The van der Waals surface area contributed by atoms with Gasteiger partial charge in [-0.2, -0.15) is 0 Å². The fourth-order valence-electron chi connectivity index (χ4n) is 1.96. The van der Waals surface area contributed by atoms with Crippen LogP contribution in [0.25, 0.3) is 0 Å². The second-order valence-electron chi connectivity index (χ2n) is 4.99. The van der Waals surface area contributed by atoms with Crippen LogP contribution in [-0.4, -0.2) is 22.8 Å². The maximum atomic E-state index is 13.1. The minimum atomic E-state index is -0.821. The first kappa shape index (κ1) is 13.6. The van der Waals surface area contributed by atoms with Gasteiger partial charge in [-0.05, 0) is 30.5 Å². The van der Waals surface area contributed by atoms with Crippen LogP contribution in [0.5, 0.6) is 0 Å². The van der Waals surface area contributed by atoms with Gasteiger partial charge in [-0.1, -0.05) is 6.07 Å². The molecule has 1 aromatic carbocycles. The van der Waals surface area contributed by atoms with Crippen molar-refractivity contribution in [2.24, 2.45) is 0 Å². The molecule has 0 atom stereocenters. The van der Waals surface area contributed by atoms with Crippen molar-refractivity contribution in [3.05, 3.63) is 45.4 Å². The summed E-state index contributed by atoms with van der Waals surface area (Å²) in [5, 5.41) is 13.5. The Bertz CT molecular complexity index is 596. The van der Waals surface area contributed by atoms with Gasteiger partial charge in [0, 0.05) is 25.4 Å². The Hall–Kier alpha value is -1.40. The van der Waals surface area contributed by atoms with Crippen molar-refractivity contribution >= 4 is 11.3 Å². The van der Waals surface area contributed by atoms with Crippen LogP contribution in [0.2, 0.25) is 0 Å². The van der Waals surface area contributed by atoms with E-state index in [-0.39, 0.29) is 0 Å². The molecule has 0 bridgehead atoms. The molecule has 1 heterocycles. The fraction of sp³-hybridized carbons (Fsp3) is 0.429. The smallest absolute Gasteiger partial charge is 0.159 e. The molecule has 20 heavy (non-hydrogen) atoms. The van der Waals surface area contributed by atoms with Gasteiger partial charge in [-0.25, -0.2) is 8.78 Å². The Balaban J connectivity index is 1.56. The van der Waals surface area contributed by atoms with Crippen LogP contribution >= 0.6 is 11.3 Å². The molecule has 1 aliphatic rings. The fourth-order valence-corrected chi connectivity index (χ4v) is 2.83. The van der Waals surface area contributed by atoms with Gasteiger partial charge in [0.15, 0.2) is 11.6 Å². The van der Waals surface area contributed by atoms with E-state index in [0.717, 1.165) is 29.0 Å². The summed E-state index contributed by atoms with van der Waals surface area (Å²) in [4.78, 5) is 0. The molecule has 0 unspecified atom stereocenters. The van der Waals surface area contributed by atoms with E-state index in [0.29, 0.717) is 18.0 Å². The summed E-state index contributed by atoms with van der Waals surface area (Å²) < 4.78 is 26.0. The van der Waals surface area contributed by atoms with Gasteiger partial charge < -0.3 is 5.32 Å². The molecular weight excluding hydrogens is 280 g/mol. The zero-order valence-electron chi connectivity index (χ0n) is 10.9. The van der Waals surface area contributed by atoms with Crippen molar-refractivity contribution in [1.82, 2.24) is 15.5 Å². The summed E-state index contributed by atoms with van der Waals surface area (Å²) >= 11 is 1.53. The third kappa shape index (κ3) is 3.58. The second kappa shape index (κ2) is 5.93. The van der Waals surface area contributed by atoms with E-state index >= 15 is 0 Å². The van der Waals surface area contributed by atoms with Gasteiger partial charge in [0.05, 0.1) is 0 Å². The average molecular weight is 295 g/mol. The molecule has 1 N–H and O–H groups in total. The molecule has 0 amide bonds. The number of hydrogen-bond acceptors (Lipinski definition) is 4. The summed E-state index contributed by atoms with van der Waals surface area (Å²) in [7, 11) is 0. The van der Waals surface area contributed by atoms with Gasteiger partial charge >= 0.3 is 0 Å². The molecular formula is C14H15F2N3S. The summed E-state index contributed by atoms with van der Waals surface area (Å²) in [5.74, 6) is -1.64. The lowest BCUT2D eigenvalue weighted by molar-refractivity contribution is 0.507. The van der Waals surface area contributed by atoms with E-state index in [1.54, 1.807) is 6.07 Å². The number of aromatic nitrogens is 2. The summed E-state index contributed by atoms with van der Waals surface area (Å²) in [5.41, 5.74) is 0.711. The summed E-state index contributed by atoms with van der Waals surface area (Å²) in [6, 6.07) is 4.63. The molecule has 3 nitrogen and oxygen atoms in total. The van der Waals surface area contributed by atoms with Gasteiger partial charge in [0.2, 0.25) is 0 Å². The Morgan fingerprint density at radius 2 is 1.95 bits per heavy atom. The quantitative estimate of drug-likeness (QED) is 0.890. The molecule has 1 aromatic heterocycles. The highest BCUT2D eigenvalue weighted by Crippen LogP contribution is 2.19. The molecule has 0 radical (unpaired) electrons. The van der Waals surface area contributed by atoms with E-state index in [2.05, 4.69) is 15.5 Å². The predicted octanol–water partition coefficient (Wildman–Crippen LogP) is 2.70. The largest absolute Gasteiger partial charge is 0.314 e. The summed E-state index contributed by atoms with van der Waals surface area (Å²) in [6.07, 6.45) is 3.91. The molecule has 1 fully saturated rings. The monoisotopic (exact) mass is 295 g/mol. The second-order valence-corrected chi connectivity index (χ2v) is 6.14. The molecule has 3 rings (SSSR count). The van der Waals surface area contributed by atoms with Crippen molar-refractivity contribution in [2.45, 2.75) is 31.7 Å². The Morgan fingerprint density at radius 3 is 2.70 bits per heavy atom. The van der Waals surface area contributed by atoms with Crippen LogP contribution in [0.15, 0.2) is 18.2 Å². The van der Waals surface area contributed by atoms with Crippen LogP contribution in [0, 0.1) is 11.6 Å². The van der Waals surface area contributed by atoms with E-state index < -0.39 is 11.6 Å². The number of halogens is 2. The van der Waals surface area contributed by atoms with Crippen LogP contribution in [0.4, 0.5) is 8.78 Å². The first-order valence-corrected chi connectivity index (χ1v) is 7.51. The molecule has 106 valence electrons. The lowest BCUT2D eigenvalue weighted by Crippen LogP contribution is -2.19. The average Bonchev–Trinajstić information content (AvgIpc) is 3.14. The van der Waals surface area contributed by atoms with Crippen LogP contribution in [-0.2, 0) is 12.8 Å². The number of rotatable bonds is 6. The molecule has 2 aromatic rings.